The number of hydrogen-bond donors (Lipinski definition) is 0. The second-order valence-corrected chi connectivity index (χ2v) is 6.14. The lowest BCUT2D eigenvalue weighted by Crippen LogP contribution is -2.23. The first kappa shape index (κ1) is 12.6. The van der Waals surface area contributed by atoms with Crippen LogP contribution in [-0.2, 0) is 10.8 Å². The molecular weight excluding hydrogens is 276 g/mol. The van der Waals surface area contributed by atoms with Crippen LogP contribution in [-0.4, -0.2) is 21.0 Å². The summed E-state index contributed by atoms with van der Waals surface area (Å²) in [6.07, 6.45) is 0. The highest BCUT2D eigenvalue weighted by atomic mass is 79.9. The summed E-state index contributed by atoms with van der Waals surface area (Å²) in [5.74, 6) is 0.464. The van der Waals surface area contributed by atoms with E-state index in [1.54, 1.807) is 19.1 Å². The molecule has 1 aromatic rings. The average molecular weight is 289 g/mol. The van der Waals surface area contributed by atoms with Crippen molar-refractivity contribution in [1.82, 2.24) is 0 Å². The lowest BCUT2D eigenvalue weighted by molar-refractivity contribution is 0.0992. The van der Waals surface area contributed by atoms with Crippen molar-refractivity contribution in [2.45, 2.75) is 19.1 Å². The molecule has 82 valence electrons. The van der Waals surface area contributed by atoms with E-state index in [4.69, 9.17) is 0 Å². The molecule has 0 aliphatic rings. The van der Waals surface area contributed by atoms with Gasteiger partial charge in [0.2, 0.25) is 0 Å². The molecule has 0 amide bonds. The maximum absolute atomic E-state index is 11.8. The Morgan fingerprint density at radius 1 is 1.40 bits per heavy atom. The van der Waals surface area contributed by atoms with Gasteiger partial charge in [0.05, 0.1) is 5.25 Å². The van der Waals surface area contributed by atoms with Crippen LogP contribution in [0.5, 0.6) is 0 Å². The number of carbonyl (C=O) groups is 1. The Kier molecular flexibility index (Phi) is 4.67. The summed E-state index contributed by atoms with van der Waals surface area (Å²) in [4.78, 5) is 11.8. The SMILES string of the molecule is CCS(=O)C(C)C(=O)c1ccc(Br)cc1. The Bertz CT molecular complexity index is 373. The van der Waals surface area contributed by atoms with Crippen LogP contribution in [0.4, 0.5) is 0 Å². The first-order chi connectivity index (χ1) is 7.06. The van der Waals surface area contributed by atoms with Crippen LogP contribution in [0.25, 0.3) is 0 Å². The fraction of sp³-hybridized carbons (Fsp3) is 0.364. The van der Waals surface area contributed by atoms with E-state index < -0.39 is 16.0 Å². The molecule has 1 rings (SSSR count). The molecule has 0 fully saturated rings. The van der Waals surface area contributed by atoms with Gasteiger partial charge in [-0.15, -0.1) is 0 Å². The minimum absolute atomic E-state index is 0.0531. The number of halogens is 1. The molecule has 2 unspecified atom stereocenters. The molecule has 0 saturated heterocycles. The molecule has 2 nitrogen and oxygen atoms in total. The predicted octanol–water partition coefficient (Wildman–Crippen LogP) is 2.79. The molecule has 0 spiro atoms. The van der Waals surface area contributed by atoms with Gasteiger partial charge in [0.25, 0.3) is 0 Å². The Hall–Kier alpha value is -0.480. The quantitative estimate of drug-likeness (QED) is 0.799. The normalized spacial score (nSPS) is 14.6. The lowest BCUT2D eigenvalue weighted by Gasteiger charge is -2.08. The molecule has 2 atom stereocenters. The van der Waals surface area contributed by atoms with E-state index >= 15 is 0 Å². The second-order valence-electron chi connectivity index (χ2n) is 3.18. The molecule has 0 heterocycles. The molecule has 0 aliphatic heterocycles. The summed E-state index contributed by atoms with van der Waals surface area (Å²) < 4.78 is 12.4. The van der Waals surface area contributed by atoms with E-state index in [-0.39, 0.29) is 5.78 Å². The third-order valence-electron chi connectivity index (χ3n) is 2.18. The minimum Gasteiger partial charge on any atom is -0.293 e. The van der Waals surface area contributed by atoms with Gasteiger partial charge in [-0.05, 0) is 19.1 Å². The van der Waals surface area contributed by atoms with E-state index in [0.29, 0.717) is 11.3 Å². The van der Waals surface area contributed by atoms with Crippen molar-refractivity contribution in [3.05, 3.63) is 34.3 Å². The van der Waals surface area contributed by atoms with Gasteiger partial charge in [-0.1, -0.05) is 35.0 Å². The molecule has 0 saturated carbocycles. The van der Waals surface area contributed by atoms with Crippen molar-refractivity contribution >= 4 is 32.5 Å². The van der Waals surface area contributed by atoms with Crippen molar-refractivity contribution < 1.29 is 9.00 Å². The summed E-state index contributed by atoms with van der Waals surface area (Å²) in [5.41, 5.74) is 0.618. The maximum atomic E-state index is 11.8. The van der Waals surface area contributed by atoms with E-state index in [1.807, 2.05) is 19.1 Å². The zero-order valence-electron chi connectivity index (χ0n) is 8.70. The molecule has 0 aliphatic carbocycles. The second kappa shape index (κ2) is 5.56. The Morgan fingerprint density at radius 2 is 1.93 bits per heavy atom. The van der Waals surface area contributed by atoms with Crippen molar-refractivity contribution in [2.24, 2.45) is 0 Å². The van der Waals surface area contributed by atoms with Gasteiger partial charge in [-0.25, -0.2) is 0 Å². The first-order valence-electron chi connectivity index (χ1n) is 4.73. The van der Waals surface area contributed by atoms with Crippen molar-refractivity contribution in [1.29, 1.82) is 0 Å². The minimum atomic E-state index is -1.07. The molecule has 15 heavy (non-hydrogen) atoms. The van der Waals surface area contributed by atoms with Crippen molar-refractivity contribution in [2.75, 3.05) is 5.75 Å². The topological polar surface area (TPSA) is 34.1 Å². The first-order valence-corrected chi connectivity index (χ1v) is 6.90. The molecule has 0 bridgehead atoms. The highest BCUT2D eigenvalue weighted by Crippen LogP contribution is 2.13. The Balaban J connectivity index is 2.85. The summed E-state index contributed by atoms with van der Waals surface area (Å²) >= 11 is 3.30. The fourth-order valence-electron chi connectivity index (χ4n) is 1.22. The third kappa shape index (κ3) is 3.24. The molecule has 0 N–H and O–H groups in total. The van der Waals surface area contributed by atoms with E-state index in [0.717, 1.165) is 4.47 Å². The van der Waals surface area contributed by atoms with E-state index in [9.17, 15) is 9.00 Å². The van der Waals surface area contributed by atoms with Gasteiger partial charge < -0.3 is 0 Å². The number of rotatable bonds is 4. The summed E-state index contributed by atoms with van der Waals surface area (Å²) in [6, 6.07) is 7.12. The van der Waals surface area contributed by atoms with Crippen LogP contribution >= 0.6 is 15.9 Å². The Labute approximate surface area is 101 Å². The van der Waals surface area contributed by atoms with Crippen LogP contribution in [0, 0.1) is 0 Å². The predicted molar refractivity (Wildman–Crippen MR) is 66.6 cm³/mol. The van der Waals surface area contributed by atoms with E-state index in [2.05, 4.69) is 15.9 Å². The van der Waals surface area contributed by atoms with Gasteiger partial charge in [0.1, 0.15) is 0 Å². The van der Waals surface area contributed by atoms with Crippen molar-refractivity contribution in [3.63, 3.8) is 0 Å². The maximum Gasteiger partial charge on any atom is 0.178 e. The van der Waals surface area contributed by atoms with Crippen LogP contribution in [0.2, 0.25) is 0 Å². The highest BCUT2D eigenvalue weighted by molar-refractivity contribution is 9.10. The molecule has 0 aromatic heterocycles. The average Bonchev–Trinajstić information content (AvgIpc) is 2.27. The summed E-state index contributed by atoms with van der Waals surface area (Å²) in [6.45, 7) is 3.53. The van der Waals surface area contributed by atoms with Gasteiger partial charge >= 0.3 is 0 Å². The number of benzene rings is 1. The largest absolute Gasteiger partial charge is 0.293 e. The van der Waals surface area contributed by atoms with Crippen LogP contribution in [0.15, 0.2) is 28.7 Å². The van der Waals surface area contributed by atoms with Crippen LogP contribution < -0.4 is 0 Å². The molecule has 0 radical (unpaired) electrons. The van der Waals surface area contributed by atoms with Crippen LogP contribution in [0.3, 0.4) is 0 Å². The lowest BCUT2D eigenvalue weighted by atomic mass is 10.1. The molecule has 4 heteroatoms. The summed E-state index contributed by atoms with van der Waals surface area (Å²) in [5, 5.41) is -0.420. The zero-order valence-corrected chi connectivity index (χ0v) is 11.1. The van der Waals surface area contributed by atoms with Gasteiger partial charge in [0.15, 0.2) is 5.78 Å². The molecule has 1 aromatic carbocycles. The monoisotopic (exact) mass is 288 g/mol. The van der Waals surface area contributed by atoms with Gasteiger partial charge in [-0.3, -0.25) is 9.00 Å². The van der Waals surface area contributed by atoms with Crippen molar-refractivity contribution in [3.8, 4) is 0 Å². The van der Waals surface area contributed by atoms with E-state index in [1.165, 1.54) is 0 Å². The fourth-order valence-corrected chi connectivity index (χ4v) is 2.36. The third-order valence-corrected chi connectivity index (χ3v) is 4.28. The van der Waals surface area contributed by atoms with Crippen LogP contribution in [0.1, 0.15) is 24.2 Å². The van der Waals surface area contributed by atoms with Gasteiger partial charge in [0, 0.05) is 26.6 Å². The smallest absolute Gasteiger partial charge is 0.178 e. The summed E-state index contributed by atoms with van der Waals surface area (Å²) in [7, 11) is -1.07. The standard InChI is InChI=1S/C11H13BrO2S/c1-3-15(14)8(2)11(13)9-4-6-10(12)7-5-9/h4-8H,3H2,1-2H3. The number of ketones is 1. The highest BCUT2D eigenvalue weighted by Gasteiger charge is 2.19. The Morgan fingerprint density at radius 3 is 2.40 bits per heavy atom. The molecular formula is C11H13BrO2S. The number of carbonyl (C=O) groups excluding carboxylic acids is 1. The zero-order chi connectivity index (χ0) is 11.4. The van der Waals surface area contributed by atoms with Gasteiger partial charge in [-0.2, -0.15) is 0 Å². The number of hydrogen-bond acceptors (Lipinski definition) is 2. The number of Topliss-reactive ketones (excluding diaryl/α,β-unsaturated/α-hetero) is 1.